The molecule has 0 radical (unpaired) electrons. The Hall–Kier alpha value is -0.840. The van der Waals surface area contributed by atoms with Gasteiger partial charge in [0.05, 0.1) is 0 Å². The molecule has 1 aromatic rings. The third kappa shape index (κ3) is 12.7. The molecule has 0 saturated carbocycles. The van der Waals surface area contributed by atoms with Crippen molar-refractivity contribution in [1.29, 1.82) is 0 Å². The third-order valence-electron chi connectivity index (χ3n) is 5.70. The van der Waals surface area contributed by atoms with Gasteiger partial charge in [0.25, 0.3) is 11.8 Å². The number of hydrogen-bond acceptors (Lipinski definition) is 6. The summed E-state index contributed by atoms with van der Waals surface area (Å²) in [4.78, 5) is 29.4. The molecule has 198 valence electrons. The predicted molar refractivity (Wildman–Crippen MR) is 148 cm³/mol. The molecule has 1 aromatic carbocycles. The molecular formula is C22H40Cl4N6O2. The van der Waals surface area contributed by atoms with Gasteiger partial charge in [0.15, 0.2) is 0 Å². The minimum absolute atomic E-state index is 0. The van der Waals surface area contributed by atoms with Crippen molar-refractivity contribution in [3.05, 3.63) is 35.4 Å². The van der Waals surface area contributed by atoms with Crippen LogP contribution in [0, 0.1) is 0 Å². The Morgan fingerprint density at radius 2 is 0.971 bits per heavy atom. The highest BCUT2D eigenvalue weighted by Gasteiger charge is 2.12. The van der Waals surface area contributed by atoms with Gasteiger partial charge < -0.3 is 31.1 Å². The summed E-state index contributed by atoms with van der Waals surface area (Å²) in [6, 6.07) is 6.89. The van der Waals surface area contributed by atoms with Gasteiger partial charge in [0, 0.05) is 76.6 Å². The predicted octanol–water partition coefficient (Wildman–Crippen LogP) is 1.42. The van der Waals surface area contributed by atoms with Crippen LogP contribution in [0.4, 0.5) is 0 Å². The van der Waals surface area contributed by atoms with Gasteiger partial charge in [0.1, 0.15) is 0 Å². The van der Waals surface area contributed by atoms with Gasteiger partial charge in [-0.2, -0.15) is 0 Å². The Morgan fingerprint density at radius 3 is 1.29 bits per heavy atom. The SMILES string of the molecule is Cl.Cl.Cl.Cl.O=C(NCCCN1CCNCC1)c1ccc(C(=O)NCCCN2CCNCC2)cc1. The summed E-state index contributed by atoms with van der Waals surface area (Å²) in [5.74, 6) is -0.170. The van der Waals surface area contributed by atoms with Gasteiger partial charge in [-0.1, -0.05) is 0 Å². The zero-order chi connectivity index (χ0) is 21.0. The monoisotopic (exact) mass is 560 g/mol. The number of piperazine rings is 2. The van der Waals surface area contributed by atoms with E-state index in [0.29, 0.717) is 24.2 Å². The van der Waals surface area contributed by atoms with Crippen LogP contribution >= 0.6 is 49.6 Å². The third-order valence-corrected chi connectivity index (χ3v) is 5.70. The quantitative estimate of drug-likeness (QED) is 0.323. The number of carbonyl (C=O) groups is 2. The average molecular weight is 562 g/mol. The number of nitrogens with zero attached hydrogens (tertiary/aromatic N) is 2. The molecule has 2 fully saturated rings. The summed E-state index contributed by atoms with van der Waals surface area (Å²) in [5.41, 5.74) is 1.18. The Kier molecular flexibility index (Phi) is 21.2. The van der Waals surface area contributed by atoms with Crippen molar-refractivity contribution >= 4 is 61.4 Å². The first-order valence-electron chi connectivity index (χ1n) is 11.2. The molecule has 4 N–H and O–H groups in total. The molecule has 0 spiro atoms. The molecule has 0 unspecified atom stereocenters. The molecule has 2 saturated heterocycles. The van der Waals surface area contributed by atoms with Crippen LogP contribution in [0.3, 0.4) is 0 Å². The van der Waals surface area contributed by atoms with E-state index in [0.717, 1.165) is 78.3 Å². The van der Waals surface area contributed by atoms with E-state index < -0.39 is 0 Å². The molecule has 12 heteroatoms. The van der Waals surface area contributed by atoms with Crippen molar-refractivity contribution in [3.63, 3.8) is 0 Å². The van der Waals surface area contributed by atoms with Crippen molar-refractivity contribution in [3.8, 4) is 0 Å². The highest BCUT2D eigenvalue weighted by Crippen LogP contribution is 2.05. The lowest BCUT2D eigenvalue weighted by molar-refractivity contribution is 0.0939. The maximum Gasteiger partial charge on any atom is 0.251 e. The summed E-state index contributed by atoms with van der Waals surface area (Å²) in [5, 5.41) is 12.6. The number of amides is 2. The van der Waals surface area contributed by atoms with E-state index in [4.69, 9.17) is 0 Å². The molecule has 0 bridgehead atoms. The summed E-state index contributed by atoms with van der Waals surface area (Å²) >= 11 is 0. The minimum Gasteiger partial charge on any atom is -0.352 e. The van der Waals surface area contributed by atoms with Crippen LogP contribution in [0.2, 0.25) is 0 Å². The normalized spacial score (nSPS) is 16.0. The molecule has 3 rings (SSSR count). The molecule has 8 nitrogen and oxygen atoms in total. The molecule has 34 heavy (non-hydrogen) atoms. The van der Waals surface area contributed by atoms with Gasteiger partial charge in [-0.3, -0.25) is 9.59 Å². The van der Waals surface area contributed by atoms with Crippen LogP contribution in [0.1, 0.15) is 33.6 Å². The topological polar surface area (TPSA) is 88.7 Å². The Labute approximate surface area is 228 Å². The highest BCUT2D eigenvalue weighted by molar-refractivity contribution is 5.97. The van der Waals surface area contributed by atoms with Crippen LogP contribution in [-0.4, -0.2) is 100 Å². The first kappa shape index (κ1) is 35.3. The second-order valence-corrected chi connectivity index (χ2v) is 7.98. The minimum atomic E-state index is -0.0849. The number of carbonyl (C=O) groups excluding carboxylic acids is 2. The first-order chi connectivity index (χ1) is 14.7. The molecule has 0 aliphatic carbocycles. The van der Waals surface area contributed by atoms with Gasteiger partial charge in [-0.15, -0.1) is 49.6 Å². The van der Waals surface area contributed by atoms with Gasteiger partial charge >= 0.3 is 0 Å². The lowest BCUT2D eigenvalue weighted by Crippen LogP contribution is -2.44. The summed E-state index contributed by atoms with van der Waals surface area (Å²) in [6.07, 6.45) is 1.89. The van der Waals surface area contributed by atoms with Crippen LogP contribution in [0.15, 0.2) is 24.3 Å². The molecular weight excluding hydrogens is 522 g/mol. The smallest absolute Gasteiger partial charge is 0.251 e. The number of hydrogen-bond donors (Lipinski definition) is 4. The first-order valence-corrected chi connectivity index (χ1v) is 11.2. The van der Waals surface area contributed by atoms with Crippen molar-refractivity contribution in [1.82, 2.24) is 31.1 Å². The van der Waals surface area contributed by atoms with Gasteiger partial charge in [0.2, 0.25) is 0 Å². The summed E-state index contributed by atoms with van der Waals surface area (Å²) < 4.78 is 0. The van der Waals surface area contributed by atoms with Crippen LogP contribution in [-0.2, 0) is 0 Å². The fourth-order valence-corrected chi connectivity index (χ4v) is 3.86. The van der Waals surface area contributed by atoms with E-state index in [1.807, 2.05) is 0 Å². The highest BCUT2D eigenvalue weighted by atomic mass is 35.5. The molecule has 2 aliphatic rings. The van der Waals surface area contributed by atoms with Crippen LogP contribution < -0.4 is 21.3 Å². The summed E-state index contributed by atoms with van der Waals surface area (Å²) in [6.45, 7) is 11.8. The fraction of sp³-hybridized carbons (Fsp3) is 0.636. The zero-order valence-electron chi connectivity index (χ0n) is 19.6. The molecule has 2 amide bonds. The second-order valence-electron chi connectivity index (χ2n) is 7.98. The molecule has 0 aromatic heterocycles. The maximum atomic E-state index is 12.3. The Morgan fingerprint density at radius 1 is 0.647 bits per heavy atom. The lowest BCUT2D eigenvalue weighted by atomic mass is 10.1. The van der Waals surface area contributed by atoms with E-state index in [1.54, 1.807) is 24.3 Å². The van der Waals surface area contributed by atoms with E-state index in [2.05, 4.69) is 31.1 Å². The number of nitrogens with one attached hydrogen (secondary N) is 4. The molecule has 2 aliphatic heterocycles. The summed E-state index contributed by atoms with van der Waals surface area (Å²) in [7, 11) is 0. The van der Waals surface area contributed by atoms with E-state index in [1.165, 1.54) is 0 Å². The van der Waals surface area contributed by atoms with Crippen molar-refractivity contribution in [2.24, 2.45) is 0 Å². The number of halogens is 4. The Balaban J connectivity index is 0. The van der Waals surface area contributed by atoms with Gasteiger partial charge in [-0.25, -0.2) is 0 Å². The fourth-order valence-electron chi connectivity index (χ4n) is 3.86. The Bertz CT molecular complexity index is 615. The second kappa shape index (κ2) is 20.4. The number of benzene rings is 1. The molecule has 0 atom stereocenters. The van der Waals surface area contributed by atoms with E-state index in [-0.39, 0.29) is 61.4 Å². The number of rotatable bonds is 10. The van der Waals surface area contributed by atoms with Crippen molar-refractivity contribution in [2.75, 3.05) is 78.5 Å². The van der Waals surface area contributed by atoms with Crippen molar-refractivity contribution in [2.45, 2.75) is 12.8 Å². The average Bonchev–Trinajstić information content (AvgIpc) is 2.81. The van der Waals surface area contributed by atoms with Gasteiger partial charge in [-0.05, 0) is 50.2 Å². The maximum absolute atomic E-state index is 12.3. The van der Waals surface area contributed by atoms with Crippen molar-refractivity contribution < 1.29 is 9.59 Å². The molecule has 2 heterocycles. The largest absolute Gasteiger partial charge is 0.352 e. The lowest BCUT2D eigenvalue weighted by Gasteiger charge is -2.27. The van der Waals surface area contributed by atoms with Crippen LogP contribution in [0.25, 0.3) is 0 Å². The van der Waals surface area contributed by atoms with E-state index >= 15 is 0 Å². The van der Waals surface area contributed by atoms with Crippen LogP contribution in [0.5, 0.6) is 0 Å². The van der Waals surface area contributed by atoms with E-state index in [9.17, 15) is 9.59 Å². The zero-order valence-corrected chi connectivity index (χ0v) is 22.8. The standard InChI is InChI=1S/C22H36N6O2.4ClH/c29-21(25-7-1-13-27-15-9-23-10-16-27)19-3-5-20(6-4-19)22(30)26-8-2-14-28-17-11-24-12-18-28;;;;/h3-6,23-24H,1-2,7-18H2,(H,25,29)(H,26,30);4*1H.